The van der Waals surface area contributed by atoms with Crippen molar-refractivity contribution in [3.05, 3.63) is 53.3 Å². The van der Waals surface area contributed by atoms with Crippen molar-refractivity contribution in [3.63, 3.8) is 0 Å². The molecule has 4 fully saturated rings. The molecule has 0 amide bonds. The van der Waals surface area contributed by atoms with Gasteiger partial charge in [-0.3, -0.25) is 4.90 Å². The second-order valence-corrected chi connectivity index (χ2v) is 23.5. The van der Waals surface area contributed by atoms with Crippen molar-refractivity contribution in [2.45, 2.75) is 103 Å². The summed E-state index contributed by atoms with van der Waals surface area (Å²) in [6, 6.07) is 7.03. The Morgan fingerprint density at radius 1 is 0.944 bits per heavy atom. The summed E-state index contributed by atoms with van der Waals surface area (Å²) in [4.78, 5) is 14.4. The molecule has 5 atom stereocenters. The zero-order chi connectivity index (χ0) is 38.5. The Morgan fingerprint density at radius 2 is 1.67 bits per heavy atom. The molecule has 8 rings (SSSR count). The van der Waals surface area contributed by atoms with Crippen molar-refractivity contribution in [3.8, 4) is 22.9 Å². The minimum Gasteiger partial charge on any atom is -0.508 e. The number of hydrogen-bond acceptors (Lipinski definition) is 7. The number of piperidine rings is 1. The quantitative estimate of drug-likeness (QED) is 0.179. The van der Waals surface area contributed by atoms with E-state index in [1.807, 2.05) is 0 Å². The van der Waals surface area contributed by atoms with E-state index in [1.54, 1.807) is 6.92 Å². The van der Waals surface area contributed by atoms with Crippen LogP contribution in [0, 0.1) is 41.1 Å². The number of phenolic OH excluding ortho intramolecular Hbond substituents is 1. The molecule has 4 aliphatic rings. The first-order valence-electron chi connectivity index (χ1n) is 19.9. The molecular weight excluding hydrogens is 706 g/mol. The van der Waals surface area contributed by atoms with Crippen LogP contribution in [0.2, 0.25) is 18.1 Å². The van der Waals surface area contributed by atoms with Crippen molar-refractivity contribution < 1.29 is 27.4 Å². The Bertz CT molecular complexity index is 2110. The van der Waals surface area contributed by atoms with Crippen molar-refractivity contribution >= 4 is 35.8 Å². The van der Waals surface area contributed by atoms with Gasteiger partial charge < -0.3 is 19.2 Å². The van der Waals surface area contributed by atoms with Gasteiger partial charge >= 0.3 is 6.01 Å². The number of ether oxygens (including phenoxy) is 1. The van der Waals surface area contributed by atoms with E-state index >= 15 is 13.2 Å². The summed E-state index contributed by atoms with van der Waals surface area (Å²) in [5.41, 5.74) is -0.147. The topological polar surface area (TPSA) is 71.0 Å². The molecule has 54 heavy (non-hydrogen) atoms. The maximum absolute atomic E-state index is 17.3. The average Bonchev–Trinajstić information content (AvgIpc) is 3.66. The number of fused-ring (bicyclic) bond motifs is 5. The summed E-state index contributed by atoms with van der Waals surface area (Å²) in [7, 11) is -2.03. The van der Waals surface area contributed by atoms with Gasteiger partial charge in [-0.05, 0) is 114 Å². The van der Waals surface area contributed by atoms with Crippen molar-refractivity contribution in [2.75, 3.05) is 37.7 Å². The molecule has 4 aromatic rings. The van der Waals surface area contributed by atoms with Gasteiger partial charge in [0.05, 0.1) is 11.1 Å². The molecule has 2 bridgehead atoms. The summed E-state index contributed by atoms with van der Waals surface area (Å²) in [5.74, 6) is -0.205. The van der Waals surface area contributed by atoms with Gasteiger partial charge in [0, 0.05) is 43.6 Å². The minimum atomic E-state index is -2.03. The lowest BCUT2D eigenvalue weighted by molar-refractivity contribution is 0.107. The number of phenols is 1. The molecular formula is C43H55F3N4O3Si. The van der Waals surface area contributed by atoms with Crippen LogP contribution in [0.5, 0.6) is 11.8 Å². The Morgan fingerprint density at radius 3 is 2.35 bits per heavy atom. The normalized spacial score (nSPS) is 27.4. The van der Waals surface area contributed by atoms with E-state index in [9.17, 15) is 5.11 Å². The Hall–Kier alpha value is -3.41. The maximum Gasteiger partial charge on any atom is 0.319 e. The number of aromatic nitrogens is 2. The van der Waals surface area contributed by atoms with Crippen molar-refractivity contribution in [2.24, 2.45) is 23.7 Å². The van der Waals surface area contributed by atoms with Crippen LogP contribution in [0.4, 0.5) is 19.0 Å². The van der Waals surface area contributed by atoms with Crippen LogP contribution < -0.4 is 9.64 Å². The third kappa shape index (κ3) is 6.35. The summed E-state index contributed by atoms with van der Waals surface area (Å²) >= 11 is 0. The van der Waals surface area contributed by atoms with E-state index in [0.29, 0.717) is 66.0 Å². The van der Waals surface area contributed by atoms with Crippen LogP contribution in [-0.4, -0.2) is 72.7 Å². The predicted molar refractivity (Wildman–Crippen MR) is 211 cm³/mol. The number of benzene rings is 3. The molecule has 1 aliphatic carbocycles. The summed E-state index contributed by atoms with van der Waals surface area (Å²) < 4.78 is 62.7. The molecule has 1 N–H and O–H groups in total. The smallest absolute Gasteiger partial charge is 0.319 e. The number of halogens is 3. The Kier molecular flexibility index (Phi) is 9.28. The zero-order valence-electron chi connectivity index (χ0n) is 33.0. The molecule has 0 radical (unpaired) electrons. The lowest BCUT2D eigenvalue weighted by atomic mass is 9.88. The third-order valence-electron chi connectivity index (χ3n) is 13.5. The molecule has 2 unspecified atom stereocenters. The summed E-state index contributed by atoms with van der Waals surface area (Å²) in [5, 5.41) is 11.9. The Labute approximate surface area is 318 Å². The third-order valence-corrected chi connectivity index (χ3v) is 18.0. The van der Waals surface area contributed by atoms with Gasteiger partial charge in [0.15, 0.2) is 14.1 Å². The number of aromatic hydroxyl groups is 1. The highest BCUT2D eigenvalue weighted by molar-refractivity contribution is 6.74. The van der Waals surface area contributed by atoms with Gasteiger partial charge in [0.25, 0.3) is 0 Å². The van der Waals surface area contributed by atoms with Gasteiger partial charge in [0.2, 0.25) is 0 Å². The van der Waals surface area contributed by atoms with Crippen LogP contribution in [0.3, 0.4) is 0 Å². The zero-order valence-corrected chi connectivity index (χ0v) is 34.0. The van der Waals surface area contributed by atoms with E-state index in [4.69, 9.17) is 19.1 Å². The standard InChI is InChI=1S/C43H55F3N4O3Si/c1-9-30-33(44)11-10-27-14-29(51)15-31(36(27)30)37-34(45)16-32-39(38(37)46)47-41(52-23-43-17-24(2)19-50(43)20-25(3)18-43)48-40(32)49-21-26-12-28(22-49)35(13-26)53-54(7,8)42(4,5)6/h10-11,14-16,24-26,28,35,51H,9,12-13,17-23H2,1-8H3/t24?,25?,26-,28-,35-,43?/m1/s1. The van der Waals surface area contributed by atoms with E-state index in [-0.39, 0.29) is 56.4 Å². The van der Waals surface area contributed by atoms with Crippen LogP contribution in [0.1, 0.15) is 72.8 Å². The highest BCUT2D eigenvalue weighted by Gasteiger charge is 2.51. The molecule has 3 aliphatic heterocycles. The maximum atomic E-state index is 17.3. The van der Waals surface area contributed by atoms with Crippen LogP contribution in [0.25, 0.3) is 32.8 Å². The number of anilines is 1. The molecule has 3 aromatic carbocycles. The van der Waals surface area contributed by atoms with Crippen LogP contribution in [0.15, 0.2) is 30.3 Å². The molecule has 1 saturated carbocycles. The van der Waals surface area contributed by atoms with Gasteiger partial charge in [-0.15, -0.1) is 0 Å². The minimum absolute atomic E-state index is 0.0572. The molecule has 4 heterocycles. The van der Waals surface area contributed by atoms with Gasteiger partial charge in [-0.1, -0.05) is 47.6 Å². The number of aryl methyl sites for hydroxylation is 1. The van der Waals surface area contributed by atoms with Crippen LogP contribution in [-0.2, 0) is 10.8 Å². The highest BCUT2D eigenvalue weighted by atomic mass is 28.4. The van der Waals surface area contributed by atoms with Gasteiger partial charge in [-0.2, -0.15) is 9.97 Å². The first kappa shape index (κ1) is 37.5. The molecule has 11 heteroatoms. The second-order valence-electron chi connectivity index (χ2n) is 18.7. The lowest BCUT2D eigenvalue weighted by Crippen LogP contribution is -2.46. The molecule has 0 spiro atoms. The summed E-state index contributed by atoms with van der Waals surface area (Å²) in [6.07, 6.45) is 4.43. The SMILES string of the molecule is CCc1c(F)ccc2cc(O)cc(-c3c(F)cc4c(N5C[C@@H]6C[C@H](C5)[C@H](O[Si](C)(C)C(C)(C)C)C6)nc(OCC56CC(C)CN5CC(C)C6)nc4c3F)c12. The summed E-state index contributed by atoms with van der Waals surface area (Å²) in [6.45, 7) is 21.5. The molecule has 7 nitrogen and oxygen atoms in total. The first-order chi connectivity index (χ1) is 25.5. The molecule has 1 aromatic heterocycles. The Balaban J connectivity index is 1.24. The van der Waals surface area contributed by atoms with E-state index in [0.717, 1.165) is 38.8 Å². The number of hydrogen-bond donors (Lipinski definition) is 1. The number of nitrogens with zero attached hydrogens (tertiary/aromatic N) is 4. The van der Waals surface area contributed by atoms with E-state index in [1.165, 1.54) is 30.3 Å². The fourth-order valence-electron chi connectivity index (χ4n) is 10.2. The van der Waals surface area contributed by atoms with Crippen molar-refractivity contribution in [1.29, 1.82) is 0 Å². The lowest BCUT2D eigenvalue weighted by Gasteiger charge is -2.40. The fraction of sp³-hybridized carbons (Fsp3) is 0.581. The predicted octanol–water partition coefficient (Wildman–Crippen LogP) is 9.87. The first-order valence-corrected chi connectivity index (χ1v) is 22.8. The average molecular weight is 761 g/mol. The fourth-order valence-corrected chi connectivity index (χ4v) is 11.6. The van der Waals surface area contributed by atoms with E-state index in [2.05, 4.69) is 57.5 Å². The largest absolute Gasteiger partial charge is 0.508 e. The second kappa shape index (κ2) is 13.4. The monoisotopic (exact) mass is 760 g/mol. The highest BCUT2D eigenvalue weighted by Crippen LogP contribution is 2.48. The van der Waals surface area contributed by atoms with E-state index < -0.39 is 25.8 Å². The number of rotatable bonds is 8. The molecule has 290 valence electrons. The van der Waals surface area contributed by atoms with Gasteiger partial charge in [0.1, 0.15) is 35.3 Å². The molecule has 3 saturated heterocycles. The van der Waals surface area contributed by atoms with Gasteiger partial charge in [-0.25, -0.2) is 13.2 Å². The van der Waals surface area contributed by atoms with Crippen molar-refractivity contribution in [1.82, 2.24) is 14.9 Å². The van der Waals surface area contributed by atoms with Crippen LogP contribution >= 0.6 is 0 Å².